The smallest absolute Gasteiger partial charge is 0.407 e. The van der Waals surface area contributed by atoms with Gasteiger partial charge in [0.25, 0.3) is 0 Å². The summed E-state index contributed by atoms with van der Waals surface area (Å²) in [5.74, 6) is 0.283. The molecule has 2 aromatic heterocycles. The zero-order chi connectivity index (χ0) is 22.9. The first-order valence-electron chi connectivity index (χ1n) is 10.7. The number of alkyl carbamates (subject to hydrolysis) is 1. The van der Waals surface area contributed by atoms with Crippen molar-refractivity contribution < 1.29 is 18.7 Å². The first-order valence-corrected chi connectivity index (χ1v) is 10.7. The fourth-order valence-corrected chi connectivity index (χ4v) is 3.97. The Balaban J connectivity index is 1.57. The Bertz CT molecular complexity index is 1180. The molecule has 1 aliphatic rings. The molecule has 0 saturated carbocycles. The molecule has 2 N–H and O–H groups in total. The number of pyridine rings is 1. The number of ether oxygens (including phenoxy) is 2. The predicted octanol–water partition coefficient (Wildman–Crippen LogP) is 5.84. The summed E-state index contributed by atoms with van der Waals surface area (Å²) in [5.41, 5.74) is 4.05. The zero-order valence-electron chi connectivity index (χ0n) is 18.8. The second kappa shape index (κ2) is 8.65. The highest BCUT2D eigenvalue weighted by atomic mass is 19.1. The number of hydrogen-bond acceptors (Lipinski definition) is 4. The van der Waals surface area contributed by atoms with Crippen LogP contribution in [0.2, 0.25) is 0 Å². The van der Waals surface area contributed by atoms with Gasteiger partial charge in [-0.15, -0.1) is 0 Å². The number of nitrogens with one attached hydrogen (secondary N) is 2. The number of allylic oxidation sites excluding steroid dienone is 1. The Kier molecular flexibility index (Phi) is 5.91. The molecule has 1 aromatic carbocycles. The molecule has 0 bridgehead atoms. The molecule has 168 valence electrons. The molecule has 3 aromatic rings. The van der Waals surface area contributed by atoms with Gasteiger partial charge in [0.1, 0.15) is 23.3 Å². The van der Waals surface area contributed by atoms with Gasteiger partial charge in [-0.1, -0.05) is 6.08 Å². The number of halogens is 1. The summed E-state index contributed by atoms with van der Waals surface area (Å²) in [6.45, 7) is 5.76. The van der Waals surface area contributed by atoms with Gasteiger partial charge < -0.3 is 19.8 Å². The summed E-state index contributed by atoms with van der Waals surface area (Å²) in [5, 5.41) is 3.73. The number of carbonyl (C=O) groups is 1. The van der Waals surface area contributed by atoms with Crippen molar-refractivity contribution in [3.8, 4) is 16.9 Å². The highest BCUT2D eigenvalue weighted by Crippen LogP contribution is 2.37. The Hall–Kier alpha value is -3.35. The fourth-order valence-electron chi connectivity index (χ4n) is 3.97. The van der Waals surface area contributed by atoms with E-state index in [4.69, 9.17) is 9.47 Å². The van der Waals surface area contributed by atoms with Gasteiger partial charge in [0.15, 0.2) is 0 Å². The Morgan fingerprint density at radius 3 is 2.72 bits per heavy atom. The number of nitrogens with zero attached hydrogens (tertiary/aromatic N) is 1. The van der Waals surface area contributed by atoms with Crippen LogP contribution in [-0.4, -0.2) is 34.8 Å². The minimum absolute atomic E-state index is 0.143. The van der Waals surface area contributed by atoms with Crippen molar-refractivity contribution in [3.05, 3.63) is 54.1 Å². The number of methoxy groups -OCH3 is 1. The summed E-state index contributed by atoms with van der Waals surface area (Å²) < 4.78 is 25.0. The first-order chi connectivity index (χ1) is 15.2. The summed E-state index contributed by atoms with van der Waals surface area (Å²) in [4.78, 5) is 19.9. The maximum atomic E-state index is 14.0. The second-order valence-corrected chi connectivity index (χ2v) is 9.05. The average molecular weight is 438 g/mol. The molecular weight excluding hydrogens is 409 g/mol. The predicted molar refractivity (Wildman–Crippen MR) is 123 cm³/mol. The number of H-pyrrole nitrogens is 1. The summed E-state index contributed by atoms with van der Waals surface area (Å²) >= 11 is 0. The van der Waals surface area contributed by atoms with Gasteiger partial charge in [-0.25, -0.2) is 14.2 Å². The molecule has 0 fully saturated rings. The standard InChI is InChI=1S/C25H28FN3O3/c1-25(2,3)29-24(30)32-17-8-5-15(6-9-17)21-14-20-18(11-12-27-23(20)28-21)19-13-16(26)7-10-22(19)31-4/h5,7,10-14,17H,6,8-9H2,1-4H3,(H,27,28)(H,29,30). The van der Waals surface area contributed by atoms with Crippen LogP contribution in [0.3, 0.4) is 0 Å². The van der Waals surface area contributed by atoms with Crippen LogP contribution in [0.15, 0.2) is 42.6 Å². The number of fused-ring (bicyclic) bond motifs is 1. The number of benzene rings is 1. The maximum Gasteiger partial charge on any atom is 0.407 e. The van der Waals surface area contributed by atoms with Crippen LogP contribution >= 0.6 is 0 Å². The Labute approximate surface area is 186 Å². The molecule has 0 spiro atoms. The van der Waals surface area contributed by atoms with Crippen molar-refractivity contribution in [2.45, 2.75) is 51.7 Å². The number of aromatic nitrogens is 2. The molecule has 1 amide bonds. The maximum absolute atomic E-state index is 14.0. The topological polar surface area (TPSA) is 76.2 Å². The number of hydrogen-bond donors (Lipinski definition) is 2. The third-order valence-corrected chi connectivity index (χ3v) is 5.44. The summed E-state index contributed by atoms with van der Waals surface area (Å²) in [7, 11) is 1.57. The monoisotopic (exact) mass is 437 g/mol. The zero-order valence-corrected chi connectivity index (χ0v) is 18.8. The van der Waals surface area contributed by atoms with Crippen molar-refractivity contribution in [1.29, 1.82) is 0 Å². The normalized spacial score (nSPS) is 16.5. The van der Waals surface area contributed by atoms with Crippen LogP contribution in [0.5, 0.6) is 5.75 Å². The average Bonchev–Trinajstić information content (AvgIpc) is 3.17. The molecule has 32 heavy (non-hydrogen) atoms. The summed E-state index contributed by atoms with van der Waals surface area (Å²) in [6.07, 6.45) is 5.45. The quantitative estimate of drug-likeness (QED) is 0.538. The number of amides is 1. The lowest BCUT2D eigenvalue weighted by molar-refractivity contribution is 0.0869. The van der Waals surface area contributed by atoms with E-state index in [2.05, 4.69) is 21.4 Å². The Morgan fingerprint density at radius 1 is 1.22 bits per heavy atom. The van der Waals surface area contributed by atoms with Crippen LogP contribution in [0.25, 0.3) is 27.7 Å². The van der Waals surface area contributed by atoms with E-state index in [-0.39, 0.29) is 23.6 Å². The van der Waals surface area contributed by atoms with Crippen molar-refractivity contribution >= 4 is 22.7 Å². The largest absolute Gasteiger partial charge is 0.496 e. The van der Waals surface area contributed by atoms with Gasteiger partial charge in [0.05, 0.1) is 7.11 Å². The van der Waals surface area contributed by atoms with E-state index in [1.54, 1.807) is 19.4 Å². The highest BCUT2D eigenvalue weighted by Gasteiger charge is 2.23. The number of aromatic amines is 1. The fraction of sp³-hybridized carbons (Fsp3) is 0.360. The SMILES string of the molecule is COc1ccc(F)cc1-c1ccnc2[nH]c(C3=CCC(OC(=O)NC(C)(C)C)CC3)cc12. The second-order valence-electron chi connectivity index (χ2n) is 9.05. The van der Waals surface area contributed by atoms with Crippen LogP contribution in [0, 0.1) is 5.82 Å². The van der Waals surface area contributed by atoms with Crippen LogP contribution in [0.4, 0.5) is 9.18 Å². The molecule has 6 nitrogen and oxygen atoms in total. The van der Waals surface area contributed by atoms with Crippen molar-refractivity contribution in [3.63, 3.8) is 0 Å². The van der Waals surface area contributed by atoms with Crippen LogP contribution in [-0.2, 0) is 4.74 Å². The molecule has 7 heteroatoms. The van der Waals surface area contributed by atoms with E-state index in [1.165, 1.54) is 12.1 Å². The summed E-state index contributed by atoms with van der Waals surface area (Å²) in [6, 6.07) is 8.40. The molecule has 0 saturated heterocycles. The lowest BCUT2D eigenvalue weighted by Crippen LogP contribution is -2.42. The molecule has 0 aliphatic heterocycles. The lowest BCUT2D eigenvalue weighted by atomic mass is 9.94. The minimum atomic E-state index is -0.386. The highest BCUT2D eigenvalue weighted by molar-refractivity contribution is 5.96. The van der Waals surface area contributed by atoms with Gasteiger partial charge in [0, 0.05) is 34.8 Å². The number of carbonyl (C=O) groups excluding carboxylic acids is 1. The van der Waals surface area contributed by atoms with Gasteiger partial charge in [-0.05, 0) is 75.1 Å². The van der Waals surface area contributed by atoms with Crippen molar-refractivity contribution in [2.24, 2.45) is 0 Å². The first kappa shape index (κ1) is 21.9. The van der Waals surface area contributed by atoms with E-state index < -0.39 is 0 Å². The van der Waals surface area contributed by atoms with Crippen molar-refractivity contribution in [2.75, 3.05) is 7.11 Å². The van der Waals surface area contributed by atoms with E-state index in [9.17, 15) is 9.18 Å². The van der Waals surface area contributed by atoms with E-state index in [0.29, 0.717) is 17.7 Å². The van der Waals surface area contributed by atoms with Gasteiger partial charge in [-0.3, -0.25) is 0 Å². The molecule has 4 rings (SSSR count). The molecule has 1 atom stereocenters. The molecule has 1 aliphatic carbocycles. The minimum Gasteiger partial charge on any atom is -0.496 e. The lowest BCUT2D eigenvalue weighted by Gasteiger charge is -2.25. The van der Waals surface area contributed by atoms with Gasteiger partial charge in [-0.2, -0.15) is 0 Å². The van der Waals surface area contributed by atoms with Gasteiger partial charge >= 0.3 is 6.09 Å². The van der Waals surface area contributed by atoms with E-state index >= 15 is 0 Å². The number of rotatable bonds is 4. The van der Waals surface area contributed by atoms with Crippen LogP contribution in [0.1, 0.15) is 45.7 Å². The molecule has 1 unspecified atom stereocenters. The third-order valence-electron chi connectivity index (χ3n) is 5.44. The van der Waals surface area contributed by atoms with Gasteiger partial charge in [0.2, 0.25) is 0 Å². The molecule has 0 radical (unpaired) electrons. The van der Waals surface area contributed by atoms with E-state index in [0.717, 1.165) is 40.7 Å². The third kappa shape index (κ3) is 4.77. The van der Waals surface area contributed by atoms with Crippen molar-refractivity contribution in [1.82, 2.24) is 15.3 Å². The molecule has 2 heterocycles. The Morgan fingerprint density at radius 2 is 2.03 bits per heavy atom. The van der Waals surface area contributed by atoms with E-state index in [1.807, 2.05) is 32.9 Å². The van der Waals surface area contributed by atoms with Crippen LogP contribution < -0.4 is 10.1 Å². The molecular formula is C25H28FN3O3.